The van der Waals surface area contributed by atoms with E-state index in [-0.39, 0.29) is 31.1 Å². The zero-order valence-corrected chi connectivity index (χ0v) is 17.4. The maximum atomic E-state index is 12.0. The summed E-state index contributed by atoms with van der Waals surface area (Å²) in [5.41, 5.74) is 2.31. The fraction of sp³-hybridized carbons (Fsp3) is 0.391. The minimum absolute atomic E-state index is 0.0648. The van der Waals surface area contributed by atoms with E-state index < -0.39 is 0 Å². The highest BCUT2D eigenvalue weighted by atomic mass is 16.5. The third-order valence-corrected chi connectivity index (χ3v) is 4.37. The molecule has 6 heteroatoms. The van der Waals surface area contributed by atoms with E-state index in [0.717, 1.165) is 24.0 Å². The number of hydrogen-bond donors (Lipinski definition) is 2. The molecule has 0 heterocycles. The Kier molecular flexibility index (Phi) is 9.02. The van der Waals surface area contributed by atoms with Crippen LogP contribution >= 0.6 is 0 Å². The Morgan fingerprint density at radius 1 is 0.862 bits per heavy atom. The summed E-state index contributed by atoms with van der Waals surface area (Å²) in [7, 11) is 0. The number of rotatable bonds is 11. The van der Waals surface area contributed by atoms with Crippen molar-refractivity contribution < 1.29 is 19.1 Å². The van der Waals surface area contributed by atoms with E-state index in [1.54, 1.807) is 0 Å². The van der Waals surface area contributed by atoms with Gasteiger partial charge in [-0.05, 0) is 55.2 Å². The van der Waals surface area contributed by atoms with Crippen LogP contribution in [0.2, 0.25) is 0 Å². The summed E-state index contributed by atoms with van der Waals surface area (Å²) in [6.07, 6.45) is 1.82. The van der Waals surface area contributed by atoms with Gasteiger partial charge >= 0.3 is 0 Å². The summed E-state index contributed by atoms with van der Waals surface area (Å²) < 4.78 is 11.0. The highest BCUT2D eigenvalue weighted by Crippen LogP contribution is 2.14. The predicted octanol–water partition coefficient (Wildman–Crippen LogP) is 2.89. The van der Waals surface area contributed by atoms with Crippen LogP contribution in [0.15, 0.2) is 48.5 Å². The van der Waals surface area contributed by atoms with Crippen molar-refractivity contribution in [3.63, 3.8) is 0 Å². The maximum Gasteiger partial charge on any atom is 0.258 e. The Labute approximate surface area is 172 Å². The van der Waals surface area contributed by atoms with Crippen LogP contribution in [-0.4, -0.2) is 37.6 Å². The molecule has 1 atom stereocenters. The number of hydrogen-bond acceptors (Lipinski definition) is 4. The number of ether oxygens (including phenoxy) is 2. The van der Waals surface area contributed by atoms with Crippen LogP contribution < -0.4 is 20.1 Å². The second-order valence-electron chi connectivity index (χ2n) is 6.85. The van der Waals surface area contributed by atoms with E-state index in [0.29, 0.717) is 18.0 Å². The molecule has 2 aromatic rings. The minimum atomic E-state index is -0.236. The fourth-order valence-corrected chi connectivity index (χ4v) is 2.69. The van der Waals surface area contributed by atoms with Crippen LogP contribution in [-0.2, 0) is 22.4 Å². The van der Waals surface area contributed by atoms with E-state index in [9.17, 15) is 9.59 Å². The van der Waals surface area contributed by atoms with E-state index in [1.165, 1.54) is 0 Å². The van der Waals surface area contributed by atoms with E-state index in [4.69, 9.17) is 9.47 Å². The molecule has 6 nitrogen and oxygen atoms in total. The Morgan fingerprint density at radius 3 is 1.90 bits per heavy atom. The molecule has 0 aromatic heterocycles. The van der Waals surface area contributed by atoms with Crippen LogP contribution in [0.3, 0.4) is 0 Å². The van der Waals surface area contributed by atoms with Crippen LogP contribution in [0.1, 0.15) is 31.9 Å². The minimum Gasteiger partial charge on any atom is -0.484 e. The summed E-state index contributed by atoms with van der Waals surface area (Å²) in [4.78, 5) is 24.0. The van der Waals surface area contributed by atoms with Crippen molar-refractivity contribution in [2.45, 2.75) is 39.7 Å². The second kappa shape index (κ2) is 11.7. The van der Waals surface area contributed by atoms with E-state index in [1.807, 2.05) is 55.5 Å². The fourth-order valence-electron chi connectivity index (χ4n) is 2.69. The van der Waals surface area contributed by atoms with Crippen molar-refractivity contribution in [2.75, 3.05) is 19.8 Å². The first-order valence-corrected chi connectivity index (χ1v) is 9.99. The molecule has 0 aliphatic rings. The molecule has 0 fully saturated rings. The quantitative estimate of drug-likeness (QED) is 0.610. The van der Waals surface area contributed by atoms with Gasteiger partial charge in [0.1, 0.15) is 11.5 Å². The molecule has 0 aliphatic carbocycles. The summed E-state index contributed by atoms with van der Waals surface area (Å²) in [6.45, 7) is 6.13. The molecule has 0 bridgehead atoms. The number of aryl methyl sites for hydroxylation is 2. The first kappa shape index (κ1) is 22.3. The van der Waals surface area contributed by atoms with Crippen LogP contribution in [0.4, 0.5) is 0 Å². The van der Waals surface area contributed by atoms with Gasteiger partial charge < -0.3 is 20.1 Å². The van der Waals surface area contributed by atoms with E-state index in [2.05, 4.69) is 24.5 Å². The van der Waals surface area contributed by atoms with Crippen LogP contribution in [0.25, 0.3) is 0 Å². The molecule has 0 spiro atoms. The second-order valence-corrected chi connectivity index (χ2v) is 6.85. The highest BCUT2D eigenvalue weighted by molar-refractivity contribution is 5.79. The van der Waals surface area contributed by atoms with Gasteiger partial charge in [0.25, 0.3) is 11.8 Å². The lowest BCUT2D eigenvalue weighted by Crippen LogP contribution is -2.44. The van der Waals surface area contributed by atoms with Crippen molar-refractivity contribution in [3.05, 3.63) is 59.7 Å². The average Bonchev–Trinajstić information content (AvgIpc) is 2.75. The molecule has 1 unspecified atom stereocenters. The monoisotopic (exact) mass is 398 g/mol. The Hall–Kier alpha value is -3.02. The van der Waals surface area contributed by atoms with Gasteiger partial charge in [0.05, 0.1) is 0 Å². The van der Waals surface area contributed by atoms with Gasteiger partial charge in [-0.2, -0.15) is 0 Å². The molecule has 2 rings (SSSR count). The number of carbonyl (C=O) groups is 2. The average molecular weight is 399 g/mol. The maximum absolute atomic E-state index is 12.0. The molecular weight excluding hydrogens is 368 g/mol. The summed E-state index contributed by atoms with van der Waals surface area (Å²) in [6, 6.07) is 15.1. The predicted molar refractivity (Wildman–Crippen MR) is 113 cm³/mol. The van der Waals surface area contributed by atoms with Crippen molar-refractivity contribution in [3.8, 4) is 11.5 Å². The lowest BCUT2D eigenvalue weighted by atomic mass is 10.2. The van der Waals surface area contributed by atoms with Crippen molar-refractivity contribution in [1.29, 1.82) is 0 Å². The highest BCUT2D eigenvalue weighted by Gasteiger charge is 2.10. The van der Waals surface area contributed by atoms with Gasteiger partial charge in [-0.1, -0.05) is 38.1 Å². The molecule has 29 heavy (non-hydrogen) atoms. The topological polar surface area (TPSA) is 76.7 Å². The Bertz CT molecular complexity index is 807. The Morgan fingerprint density at radius 2 is 1.38 bits per heavy atom. The number of carbonyl (C=O) groups excluding carboxylic acids is 2. The number of benzene rings is 2. The molecular formula is C23H30N2O4. The first-order chi connectivity index (χ1) is 14.0. The zero-order valence-electron chi connectivity index (χ0n) is 17.4. The van der Waals surface area contributed by atoms with Crippen LogP contribution in [0, 0.1) is 0 Å². The zero-order chi connectivity index (χ0) is 21.1. The molecule has 2 N–H and O–H groups in total. The third kappa shape index (κ3) is 8.25. The van der Waals surface area contributed by atoms with Gasteiger partial charge in [-0.25, -0.2) is 0 Å². The Balaban J connectivity index is 1.65. The molecule has 156 valence electrons. The molecule has 0 saturated carbocycles. The van der Waals surface area contributed by atoms with Gasteiger partial charge in [0, 0.05) is 12.6 Å². The standard InChI is InChI=1S/C23H30N2O4/c1-4-18-8-6-10-20(12-18)28-15-22(26)24-14-17(3)25-23(27)16-29-21-11-7-9-19(5-2)13-21/h6-13,17H,4-5,14-16H2,1-3H3,(H,24,26)(H,25,27). The van der Waals surface area contributed by atoms with Gasteiger partial charge in [-0.3, -0.25) is 9.59 Å². The summed E-state index contributed by atoms with van der Waals surface area (Å²) >= 11 is 0. The SMILES string of the molecule is CCc1cccc(OCC(=O)NCC(C)NC(=O)COc2cccc(CC)c2)c1. The van der Waals surface area contributed by atoms with Gasteiger partial charge in [0.15, 0.2) is 13.2 Å². The molecule has 2 aromatic carbocycles. The third-order valence-electron chi connectivity index (χ3n) is 4.37. The normalized spacial score (nSPS) is 11.4. The van der Waals surface area contributed by atoms with Crippen molar-refractivity contribution >= 4 is 11.8 Å². The molecule has 0 saturated heterocycles. The van der Waals surface area contributed by atoms with Crippen LogP contribution in [0.5, 0.6) is 11.5 Å². The lowest BCUT2D eigenvalue weighted by molar-refractivity contribution is -0.125. The summed E-state index contributed by atoms with van der Waals surface area (Å²) in [5, 5.41) is 5.56. The molecule has 0 radical (unpaired) electrons. The van der Waals surface area contributed by atoms with Crippen molar-refractivity contribution in [2.24, 2.45) is 0 Å². The summed E-state index contributed by atoms with van der Waals surface area (Å²) in [5.74, 6) is 0.872. The van der Waals surface area contributed by atoms with Gasteiger partial charge in [-0.15, -0.1) is 0 Å². The largest absolute Gasteiger partial charge is 0.484 e. The molecule has 2 amide bonds. The first-order valence-electron chi connectivity index (χ1n) is 9.99. The smallest absolute Gasteiger partial charge is 0.258 e. The van der Waals surface area contributed by atoms with Gasteiger partial charge in [0.2, 0.25) is 0 Å². The number of nitrogens with one attached hydrogen (secondary N) is 2. The van der Waals surface area contributed by atoms with E-state index >= 15 is 0 Å². The van der Waals surface area contributed by atoms with Crippen molar-refractivity contribution in [1.82, 2.24) is 10.6 Å². The molecule has 0 aliphatic heterocycles. The lowest BCUT2D eigenvalue weighted by Gasteiger charge is -2.15. The number of amides is 2.